The summed E-state index contributed by atoms with van der Waals surface area (Å²) in [7, 11) is 0. The molecule has 0 saturated carbocycles. The van der Waals surface area contributed by atoms with Crippen LogP contribution in [0.2, 0.25) is 5.02 Å². The highest BCUT2D eigenvalue weighted by atomic mass is 35.5. The molecule has 2 heterocycles. The molecule has 0 aliphatic heterocycles. The summed E-state index contributed by atoms with van der Waals surface area (Å²) in [5.74, 6) is 0.860. The molecule has 0 aliphatic rings. The number of allylic oxidation sites excluding steroid dienone is 1. The van der Waals surface area contributed by atoms with Crippen molar-refractivity contribution in [1.29, 1.82) is 0 Å². The van der Waals surface area contributed by atoms with Crippen LogP contribution >= 0.6 is 22.9 Å². The van der Waals surface area contributed by atoms with E-state index in [2.05, 4.69) is 0 Å². The third-order valence-electron chi connectivity index (χ3n) is 3.22. The van der Waals surface area contributed by atoms with Crippen molar-refractivity contribution in [3.63, 3.8) is 0 Å². The maximum Gasteiger partial charge on any atom is 0.270 e. The Morgan fingerprint density at radius 3 is 2.75 bits per heavy atom. The molecule has 5 nitrogen and oxygen atoms in total. The van der Waals surface area contributed by atoms with Gasteiger partial charge in [-0.1, -0.05) is 17.7 Å². The molecule has 2 aromatic heterocycles. The van der Waals surface area contributed by atoms with Crippen LogP contribution in [0.3, 0.4) is 0 Å². The van der Waals surface area contributed by atoms with Crippen LogP contribution in [0.1, 0.15) is 15.4 Å². The second-order valence-corrected chi connectivity index (χ2v) is 6.15. The van der Waals surface area contributed by atoms with Crippen LogP contribution in [0.5, 0.6) is 0 Å². The summed E-state index contributed by atoms with van der Waals surface area (Å²) in [4.78, 5) is 22.8. The van der Waals surface area contributed by atoms with Crippen molar-refractivity contribution in [2.24, 2.45) is 0 Å². The number of hydrogen-bond donors (Lipinski definition) is 0. The molecule has 7 heteroatoms. The zero-order valence-corrected chi connectivity index (χ0v) is 13.7. The van der Waals surface area contributed by atoms with Crippen molar-refractivity contribution in [1.82, 2.24) is 0 Å². The van der Waals surface area contributed by atoms with Gasteiger partial charge >= 0.3 is 0 Å². The number of nitro benzene ring substituents is 1. The normalized spacial score (nSPS) is 11.0. The summed E-state index contributed by atoms with van der Waals surface area (Å²) in [6, 6.07) is 11.1. The predicted molar refractivity (Wildman–Crippen MR) is 93.5 cm³/mol. The molecule has 3 aromatic rings. The second kappa shape index (κ2) is 6.82. The average Bonchev–Trinajstić information content (AvgIpc) is 3.24. The summed E-state index contributed by atoms with van der Waals surface area (Å²) >= 11 is 7.45. The minimum atomic E-state index is -0.512. The SMILES string of the molecule is O=C(/C=C/c1ccc(-c2ccc([N+](=O)[O-])cc2Cl)o1)c1cccs1. The Labute approximate surface area is 146 Å². The van der Waals surface area contributed by atoms with Gasteiger partial charge in [-0.15, -0.1) is 11.3 Å². The minimum Gasteiger partial charge on any atom is -0.457 e. The van der Waals surface area contributed by atoms with Crippen LogP contribution in [0.15, 0.2) is 58.3 Å². The number of furan rings is 1. The molecule has 24 heavy (non-hydrogen) atoms. The van der Waals surface area contributed by atoms with Crippen LogP contribution in [0, 0.1) is 10.1 Å². The van der Waals surface area contributed by atoms with E-state index < -0.39 is 4.92 Å². The van der Waals surface area contributed by atoms with Crippen LogP contribution < -0.4 is 0 Å². The van der Waals surface area contributed by atoms with Gasteiger partial charge in [0.2, 0.25) is 0 Å². The number of ketones is 1. The van der Waals surface area contributed by atoms with E-state index in [4.69, 9.17) is 16.0 Å². The Bertz CT molecular complexity index is 928. The first kappa shape index (κ1) is 16.2. The first-order valence-corrected chi connectivity index (χ1v) is 8.10. The molecular weight excluding hydrogens is 350 g/mol. The minimum absolute atomic E-state index is 0.0861. The van der Waals surface area contributed by atoms with Gasteiger partial charge in [-0.25, -0.2) is 0 Å². The molecule has 120 valence electrons. The van der Waals surface area contributed by atoms with E-state index in [0.29, 0.717) is 22.0 Å². The molecule has 0 amide bonds. The molecule has 0 saturated heterocycles. The topological polar surface area (TPSA) is 73.3 Å². The molecule has 0 atom stereocenters. The zero-order valence-electron chi connectivity index (χ0n) is 12.1. The summed E-state index contributed by atoms with van der Waals surface area (Å²) in [5, 5.41) is 12.8. The number of non-ortho nitro benzene ring substituents is 1. The van der Waals surface area contributed by atoms with Crippen molar-refractivity contribution in [3.05, 3.63) is 79.7 Å². The number of hydrogen-bond acceptors (Lipinski definition) is 5. The maximum absolute atomic E-state index is 11.9. The van der Waals surface area contributed by atoms with Crippen molar-refractivity contribution >= 4 is 40.5 Å². The zero-order chi connectivity index (χ0) is 17.1. The highest BCUT2D eigenvalue weighted by molar-refractivity contribution is 7.12. The number of thiophene rings is 1. The Kier molecular flexibility index (Phi) is 4.59. The number of nitro groups is 1. The first-order chi connectivity index (χ1) is 11.5. The summed E-state index contributed by atoms with van der Waals surface area (Å²) in [6.45, 7) is 0. The third kappa shape index (κ3) is 3.45. The summed E-state index contributed by atoms with van der Waals surface area (Å²) < 4.78 is 5.63. The molecule has 3 rings (SSSR count). The number of rotatable bonds is 5. The van der Waals surface area contributed by atoms with Crippen LogP contribution in [0.4, 0.5) is 5.69 Å². The van der Waals surface area contributed by atoms with Gasteiger partial charge in [-0.2, -0.15) is 0 Å². The Morgan fingerprint density at radius 2 is 2.08 bits per heavy atom. The van der Waals surface area contributed by atoms with Gasteiger partial charge in [0, 0.05) is 17.7 Å². The van der Waals surface area contributed by atoms with E-state index in [9.17, 15) is 14.9 Å². The monoisotopic (exact) mass is 359 g/mol. The van der Waals surface area contributed by atoms with Crippen molar-refractivity contribution < 1.29 is 14.1 Å². The van der Waals surface area contributed by atoms with E-state index in [0.717, 1.165) is 0 Å². The van der Waals surface area contributed by atoms with Gasteiger partial charge in [0.15, 0.2) is 5.78 Å². The number of halogens is 1. The van der Waals surface area contributed by atoms with E-state index in [1.165, 1.54) is 35.6 Å². The van der Waals surface area contributed by atoms with Gasteiger partial charge in [-0.05, 0) is 41.8 Å². The van der Waals surface area contributed by atoms with E-state index in [1.54, 1.807) is 24.3 Å². The average molecular weight is 360 g/mol. The van der Waals surface area contributed by atoms with Crippen LogP contribution in [-0.4, -0.2) is 10.7 Å². The van der Waals surface area contributed by atoms with Crippen molar-refractivity contribution in [2.45, 2.75) is 0 Å². The molecular formula is C17H10ClNO4S. The first-order valence-electron chi connectivity index (χ1n) is 6.84. The number of carbonyl (C=O) groups is 1. The highest BCUT2D eigenvalue weighted by Gasteiger charge is 2.13. The molecule has 0 bridgehead atoms. The molecule has 0 N–H and O–H groups in total. The molecule has 0 unspecified atom stereocenters. The lowest BCUT2D eigenvalue weighted by atomic mass is 10.1. The van der Waals surface area contributed by atoms with Crippen molar-refractivity contribution in [2.75, 3.05) is 0 Å². The third-order valence-corrected chi connectivity index (χ3v) is 4.42. The molecule has 1 aromatic carbocycles. The highest BCUT2D eigenvalue weighted by Crippen LogP contribution is 2.32. The number of benzene rings is 1. The largest absolute Gasteiger partial charge is 0.457 e. The Morgan fingerprint density at radius 1 is 1.25 bits per heavy atom. The van der Waals surface area contributed by atoms with Crippen LogP contribution in [-0.2, 0) is 0 Å². The lowest BCUT2D eigenvalue weighted by Crippen LogP contribution is -1.88. The van der Waals surface area contributed by atoms with Gasteiger partial charge in [0.05, 0.1) is 14.8 Å². The second-order valence-electron chi connectivity index (χ2n) is 4.80. The van der Waals surface area contributed by atoms with Gasteiger partial charge in [-0.3, -0.25) is 14.9 Å². The summed E-state index contributed by atoms with van der Waals surface area (Å²) in [6.07, 6.45) is 3.01. The summed E-state index contributed by atoms with van der Waals surface area (Å²) in [5.41, 5.74) is 0.462. The maximum atomic E-state index is 11.9. The fourth-order valence-electron chi connectivity index (χ4n) is 2.06. The van der Waals surface area contributed by atoms with Gasteiger partial charge in [0.1, 0.15) is 11.5 Å². The van der Waals surface area contributed by atoms with E-state index >= 15 is 0 Å². The van der Waals surface area contributed by atoms with Crippen LogP contribution in [0.25, 0.3) is 17.4 Å². The Hall–Kier alpha value is -2.70. The Balaban J connectivity index is 1.81. The van der Waals surface area contributed by atoms with Crippen molar-refractivity contribution in [3.8, 4) is 11.3 Å². The molecule has 0 aliphatic carbocycles. The lowest BCUT2D eigenvalue weighted by Gasteiger charge is -2.00. The molecule has 0 radical (unpaired) electrons. The number of carbonyl (C=O) groups excluding carboxylic acids is 1. The fraction of sp³-hybridized carbons (Fsp3) is 0. The van der Waals surface area contributed by atoms with E-state index in [1.807, 2.05) is 11.4 Å². The standard InChI is InChI=1S/C17H10ClNO4S/c18-14-10-11(19(21)22)3-6-13(14)16-8-5-12(23-16)4-7-15(20)17-2-1-9-24-17/h1-10H/b7-4+. The van der Waals surface area contributed by atoms with Gasteiger partial charge < -0.3 is 4.42 Å². The molecule has 0 fully saturated rings. The molecule has 0 spiro atoms. The van der Waals surface area contributed by atoms with E-state index in [-0.39, 0.29) is 16.5 Å². The lowest BCUT2D eigenvalue weighted by molar-refractivity contribution is -0.384. The van der Waals surface area contributed by atoms with Gasteiger partial charge in [0.25, 0.3) is 5.69 Å². The fourth-order valence-corrected chi connectivity index (χ4v) is 2.98. The predicted octanol–water partition coefficient (Wildman–Crippen LogP) is 5.47. The quantitative estimate of drug-likeness (QED) is 0.262. The number of nitrogens with zero attached hydrogens (tertiary/aromatic N) is 1. The smallest absolute Gasteiger partial charge is 0.270 e.